The van der Waals surface area contributed by atoms with Crippen LogP contribution in [0.1, 0.15) is 25.7 Å². The topological polar surface area (TPSA) is 21.6 Å². The van der Waals surface area contributed by atoms with Gasteiger partial charge in [0.15, 0.2) is 5.90 Å². The van der Waals surface area contributed by atoms with Crippen LogP contribution in [0.15, 0.2) is 4.99 Å². The molecule has 2 aliphatic rings. The van der Waals surface area contributed by atoms with Crippen molar-refractivity contribution in [2.45, 2.75) is 31.7 Å². The molecule has 0 aromatic heterocycles. The Morgan fingerprint density at radius 1 is 1.50 bits per heavy atom. The first-order chi connectivity index (χ1) is 4.88. The molecule has 2 bridgehead atoms. The van der Waals surface area contributed by atoms with Crippen molar-refractivity contribution in [2.75, 3.05) is 7.11 Å². The van der Waals surface area contributed by atoms with Crippen LogP contribution >= 0.6 is 0 Å². The molecule has 0 amide bonds. The van der Waals surface area contributed by atoms with Gasteiger partial charge in [-0.25, -0.2) is 0 Å². The Kier molecular flexibility index (Phi) is 1.40. The molecule has 2 rings (SSSR count). The molecule has 2 atom stereocenters. The van der Waals surface area contributed by atoms with Crippen LogP contribution in [-0.2, 0) is 4.74 Å². The highest BCUT2D eigenvalue weighted by Gasteiger charge is 2.30. The van der Waals surface area contributed by atoms with Crippen molar-refractivity contribution < 1.29 is 4.74 Å². The number of hydrogen-bond donors (Lipinski definition) is 0. The van der Waals surface area contributed by atoms with Crippen molar-refractivity contribution in [3.05, 3.63) is 0 Å². The molecular weight excluding hydrogens is 126 g/mol. The Labute approximate surface area is 61.3 Å². The molecule has 0 N–H and O–H groups in total. The number of methoxy groups -OCH3 is 1. The largest absolute Gasteiger partial charge is 0.484 e. The number of fused-ring (bicyclic) bond motifs is 2. The second-order valence-corrected chi connectivity index (χ2v) is 3.26. The molecule has 0 aromatic rings. The molecule has 1 aliphatic heterocycles. The van der Waals surface area contributed by atoms with E-state index in [0.29, 0.717) is 6.04 Å². The van der Waals surface area contributed by atoms with E-state index in [1.54, 1.807) is 7.11 Å². The van der Waals surface area contributed by atoms with Crippen molar-refractivity contribution in [3.8, 4) is 0 Å². The summed E-state index contributed by atoms with van der Waals surface area (Å²) in [7, 11) is 1.73. The van der Waals surface area contributed by atoms with Crippen molar-refractivity contribution in [3.63, 3.8) is 0 Å². The summed E-state index contributed by atoms with van der Waals surface area (Å²) >= 11 is 0. The first-order valence-electron chi connectivity index (χ1n) is 3.99. The van der Waals surface area contributed by atoms with Crippen LogP contribution in [0.25, 0.3) is 0 Å². The van der Waals surface area contributed by atoms with E-state index < -0.39 is 0 Å². The van der Waals surface area contributed by atoms with Crippen LogP contribution in [-0.4, -0.2) is 19.0 Å². The van der Waals surface area contributed by atoms with Gasteiger partial charge < -0.3 is 4.74 Å². The molecule has 1 heterocycles. The normalized spacial score (nSPS) is 37.5. The summed E-state index contributed by atoms with van der Waals surface area (Å²) in [6.45, 7) is 0. The molecule has 2 heteroatoms. The maximum atomic E-state index is 5.12. The predicted molar refractivity (Wildman–Crippen MR) is 40.2 cm³/mol. The van der Waals surface area contributed by atoms with E-state index in [1.807, 2.05) is 0 Å². The Balaban J connectivity index is 2.12. The third-order valence-electron chi connectivity index (χ3n) is 2.54. The van der Waals surface area contributed by atoms with Crippen LogP contribution in [0.2, 0.25) is 0 Å². The van der Waals surface area contributed by atoms with Gasteiger partial charge in [-0.2, -0.15) is 0 Å². The number of aliphatic imine (C=N–C) groups is 1. The Morgan fingerprint density at radius 2 is 2.40 bits per heavy atom. The maximum absolute atomic E-state index is 5.12. The lowest BCUT2D eigenvalue weighted by atomic mass is 10.0. The fourth-order valence-electron chi connectivity index (χ4n) is 1.99. The third kappa shape index (κ3) is 0.917. The molecule has 1 fully saturated rings. The zero-order chi connectivity index (χ0) is 6.97. The van der Waals surface area contributed by atoms with Crippen LogP contribution in [0.3, 0.4) is 0 Å². The molecule has 10 heavy (non-hydrogen) atoms. The van der Waals surface area contributed by atoms with Crippen LogP contribution in [0, 0.1) is 5.92 Å². The molecule has 1 saturated carbocycles. The van der Waals surface area contributed by atoms with Crippen molar-refractivity contribution in [1.82, 2.24) is 0 Å². The molecule has 1 aliphatic carbocycles. The molecule has 2 nitrogen and oxygen atoms in total. The van der Waals surface area contributed by atoms with Gasteiger partial charge in [-0.15, -0.1) is 0 Å². The van der Waals surface area contributed by atoms with Gasteiger partial charge in [-0.05, 0) is 25.2 Å². The Hall–Kier alpha value is -0.530. The Morgan fingerprint density at radius 3 is 3.10 bits per heavy atom. The van der Waals surface area contributed by atoms with E-state index in [2.05, 4.69) is 4.99 Å². The maximum Gasteiger partial charge on any atom is 0.183 e. The number of rotatable bonds is 0. The summed E-state index contributed by atoms with van der Waals surface area (Å²) in [6, 6.07) is 0.605. The lowest BCUT2D eigenvalue weighted by Gasteiger charge is -2.16. The SMILES string of the molecule is COC1=NC2CCC(C1)C2. The third-order valence-corrected chi connectivity index (χ3v) is 2.54. The van der Waals surface area contributed by atoms with Crippen molar-refractivity contribution in [2.24, 2.45) is 10.9 Å². The van der Waals surface area contributed by atoms with Gasteiger partial charge >= 0.3 is 0 Å². The van der Waals surface area contributed by atoms with E-state index in [0.717, 1.165) is 18.2 Å². The number of hydrogen-bond acceptors (Lipinski definition) is 2. The summed E-state index contributed by atoms with van der Waals surface area (Å²) in [5, 5.41) is 0. The van der Waals surface area contributed by atoms with Gasteiger partial charge in [-0.1, -0.05) is 0 Å². The van der Waals surface area contributed by atoms with Gasteiger partial charge in [0.05, 0.1) is 13.2 Å². The molecule has 2 unspecified atom stereocenters. The van der Waals surface area contributed by atoms with Gasteiger partial charge in [0.2, 0.25) is 0 Å². The lowest BCUT2D eigenvalue weighted by molar-refractivity contribution is 0.358. The predicted octanol–water partition coefficient (Wildman–Crippen LogP) is 1.60. The summed E-state index contributed by atoms with van der Waals surface area (Å²) in [5.74, 6) is 1.87. The summed E-state index contributed by atoms with van der Waals surface area (Å²) < 4.78 is 5.12. The summed E-state index contributed by atoms with van der Waals surface area (Å²) in [5.41, 5.74) is 0. The standard InChI is InChI=1S/C8H13NO/c1-10-8-5-6-2-3-7(4-6)9-8/h6-7H,2-5H2,1H3. The average Bonchev–Trinajstić information content (AvgIpc) is 2.30. The van der Waals surface area contributed by atoms with Crippen LogP contribution in [0.5, 0.6) is 0 Å². The van der Waals surface area contributed by atoms with Crippen molar-refractivity contribution in [1.29, 1.82) is 0 Å². The number of ether oxygens (including phenoxy) is 1. The molecule has 56 valence electrons. The second-order valence-electron chi connectivity index (χ2n) is 3.26. The first-order valence-corrected chi connectivity index (χ1v) is 3.99. The quantitative estimate of drug-likeness (QED) is 0.499. The molecule has 0 saturated heterocycles. The minimum Gasteiger partial charge on any atom is -0.484 e. The Bertz CT molecular complexity index is 165. The molecular formula is C8H13NO. The van der Waals surface area contributed by atoms with Gasteiger partial charge in [0.25, 0.3) is 0 Å². The smallest absolute Gasteiger partial charge is 0.183 e. The molecule has 0 aromatic carbocycles. The van der Waals surface area contributed by atoms with Gasteiger partial charge in [0.1, 0.15) is 0 Å². The second kappa shape index (κ2) is 2.26. The van der Waals surface area contributed by atoms with Crippen molar-refractivity contribution >= 4 is 5.90 Å². The minimum absolute atomic E-state index is 0.605. The van der Waals surface area contributed by atoms with E-state index in [1.165, 1.54) is 19.3 Å². The van der Waals surface area contributed by atoms with E-state index in [-0.39, 0.29) is 0 Å². The van der Waals surface area contributed by atoms with Crippen LogP contribution in [0.4, 0.5) is 0 Å². The highest BCUT2D eigenvalue weighted by atomic mass is 16.5. The lowest BCUT2D eigenvalue weighted by Crippen LogP contribution is -2.16. The highest BCUT2D eigenvalue weighted by Crippen LogP contribution is 2.34. The molecule has 0 radical (unpaired) electrons. The van der Waals surface area contributed by atoms with E-state index >= 15 is 0 Å². The van der Waals surface area contributed by atoms with E-state index in [4.69, 9.17) is 4.74 Å². The zero-order valence-electron chi connectivity index (χ0n) is 6.34. The van der Waals surface area contributed by atoms with Crippen LogP contribution < -0.4 is 0 Å². The van der Waals surface area contributed by atoms with E-state index in [9.17, 15) is 0 Å². The van der Waals surface area contributed by atoms with Gasteiger partial charge in [0, 0.05) is 6.42 Å². The number of nitrogens with zero attached hydrogens (tertiary/aromatic N) is 1. The monoisotopic (exact) mass is 139 g/mol. The fraction of sp³-hybridized carbons (Fsp3) is 0.875. The zero-order valence-corrected chi connectivity index (χ0v) is 6.34. The highest BCUT2D eigenvalue weighted by molar-refractivity contribution is 5.77. The van der Waals surface area contributed by atoms with Gasteiger partial charge in [-0.3, -0.25) is 4.99 Å². The summed E-state index contributed by atoms with van der Waals surface area (Å²) in [6.07, 6.45) is 5.05. The molecule has 0 spiro atoms. The summed E-state index contributed by atoms with van der Waals surface area (Å²) in [4.78, 5) is 4.45. The minimum atomic E-state index is 0.605. The fourth-order valence-corrected chi connectivity index (χ4v) is 1.99. The first kappa shape index (κ1) is 6.20. The average molecular weight is 139 g/mol.